The third-order valence-electron chi connectivity index (χ3n) is 7.57. The van der Waals surface area contributed by atoms with Crippen molar-refractivity contribution in [3.63, 3.8) is 0 Å². The molecule has 0 fully saturated rings. The van der Waals surface area contributed by atoms with Gasteiger partial charge in [0.15, 0.2) is 11.6 Å². The third kappa shape index (κ3) is 4.96. The van der Waals surface area contributed by atoms with Crippen molar-refractivity contribution in [1.29, 1.82) is 0 Å². The highest BCUT2D eigenvalue weighted by molar-refractivity contribution is 6.13. The van der Waals surface area contributed by atoms with Crippen molar-refractivity contribution in [1.82, 2.24) is 24.6 Å². The van der Waals surface area contributed by atoms with E-state index in [1.165, 1.54) is 40.5 Å². The summed E-state index contributed by atoms with van der Waals surface area (Å²) < 4.78 is 34.8. The number of hydrogen-bond donors (Lipinski definition) is 2. The Morgan fingerprint density at radius 1 is 1.14 bits per heavy atom. The predicted octanol–water partition coefficient (Wildman–Crippen LogP) is 5.25. The number of fused-ring (bicyclic) bond motifs is 3. The first-order chi connectivity index (χ1) is 20.2. The van der Waals surface area contributed by atoms with Crippen LogP contribution in [0.15, 0.2) is 54.9 Å². The molecule has 6 rings (SSSR count). The number of ether oxygens (including phenoxy) is 1. The lowest BCUT2D eigenvalue weighted by Crippen LogP contribution is -2.35. The van der Waals surface area contributed by atoms with E-state index in [1.54, 1.807) is 6.92 Å². The van der Waals surface area contributed by atoms with E-state index in [1.807, 2.05) is 12.1 Å². The summed E-state index contributed by atoms with van der Waals surface area (Å²) in [6.07, 6.45) is 4.96. The molecule has 4 heterocycles. The molecule has 5 aromatic rings. The fraction of sp³-hybridized carbons (Fsp3) is 0.258. The maximum Gasteiger partial charge on any atom is 0.219 e. The summed E-state index contributed by atoms with van der Waals surface area (Å²) in [5, 5.41) is 5.37. The molecule has 11 heteroatoms. The predicted molar refractivity (Wildman–Crippen MR) is 158 cm³/mol. The SMILES string of the molecule is Cc1cc(Oc2c(F)cccc2F)ncc1-n1ncc(C(=O)c2cc3c4c(ccc3[nH]2)CCCN4CCN(C)C)c1N. The minimum absolute atomic E-state index is 0.00307. The van der Waals surface area contributed by atoms with Crippen LogP contribution in [-0.2, 0) is 6.42 Å². The number of nitrogens with two attached hydrogens (primary N) is 1. The van der Waals surface area contributed by atoms with E-state index in [4.69, 9.17) is 10.5 Å². The zero-order valence-corrected chi connectivity index (χ0v) is 23.6. The van der Waals surface area contributed by atoms with Crippen LogP contribution in [0.1, 0.15) is 33.6 Å². The molecule has 3 N–H and O–H groups in total. The number of para-hydroxylation sites is 1. The molecule has 0 unspecified atom stereocenters. The maximum absolute atomic E-state index is 14.0. The van der Waals surface area contributed by atoms with Crippen molar-refractivity contribution in [2.24, 2.45) is 0 Å². The van der Waals surface area contributed by atoms with Crippen LogP contribution in [0.5, 0.6) is 11.6 Å². The molecule has 0 bridgehead atoms. The number of H-pyrrole nitrogens is 1. The van der Waals surface area contributed by atoms with Crippen molar-refractivity contribution in [2.75, 3.05) is 44.4 Å². The van der Waals surface area contributed by atoms with E-state index >= 15 is 0 Å². The number of rotatable bonds is 8. The molecule has 0 amide bonds. The number of aromatic nitrogens is 4. The van der Waals surface area contributed by atoms with Gasteiger partial charge in [-0.25, -0.2) is 18.4 Å². The molecule has 0 radical (unpaired) electrons. The number of hydrogen-bond acceptors (Lipinski definition) is 7. The Labute approximate surface area is 241 Å². The summed E-state index contributed by atoms with van der Waals surface area (Å²) in [7, 11) is 4.13. The van der Waals surface area contributed by atoms with Crippen LogP contribution in [0.4, 0.5) is 20.3 Å². The first-order valence-electron chi connectivity index (χ1n) is 13.7. The second-order valence-corrected chi connectivity index (χ2v) is 10.8. The van der Waals surface area contributed by atoms with Gasteiger partial charge in [0.05, 0.1) is 29.3 Å². The third-order valence-corrected chi connectivity index (χ3v) is 7.57. The Bertz CT molecular complexity index is 1790. The standard InChI is InChI=1S/C31H31F2N7O2/c1-18-14-27(42-30-22(32)7-4-8-23(30)33)35-17-26(18)40-31(34)21(16-36-40)29(41)25-15-20-24(37-25)10-9-19-6-5-11-39(28(19)20)13-12-38(2)3/h4,7-10,14-17,37H,5-6,11-13,34H2,1-3H3. The van der Waals surface area contributed by atoms with E-state index < -0.39 is 17.4 Å². The van der Waals surface area contributed by atoms with Crippen LogP contribution in [0, 0.1) is 18.6 Å². The number of ketones is 1. The quantitative estimate of drug-likeness (QED) is 0.245. The fourth-order valence-electron chi connectivity index (χ4n) is 5.40. The second kappa shape index (κ2) is 10.9. The van der Waals surface area contributed by atoms with Crippen LogP contribution >= 0.6 is 0 Å². The van der Waals surface area contributed by atoms with Gasteiger partial charge in [0, 0.05) is 42.3 Å². The molecule has 3 aromatic heterocycles. The van der Waals surface area contributed by atoms with Gasteiger partial charge in [-0.15, -0.1) is 0 Å². The first kappa shape index (κ1) is 27.4. The molecule has 0 saturated carbocycles. The average molecular weight is 572 g/mol. The van der Waals surface area contributed by atoms with E-state index in [-0.39, 0.29) is 23.0 Å². The molecule has 216 valence electrons. The number of nitrogen functional groups attached to an aromatic ring is 1. The summed E-state index contributed by atoms with van der Waals surface area (Å²) in [6.45, 7) is 4.57. The highest BCUT2D eigenvalue weighted by atomic mass is 19.1. The number of nitrogens with one attached hydrogen (secondary N) is 1. The smallest absolute Gasteiger partial charge is 0.219 e. The van der Waals surface area contributed by atoms with Gasteiger partial charge >= 0.3 is 0 Å². The van der Waals surface area contributed by atoms with Gasteiger partial charge in [-0.05, 0) is 69.3 Å². The number of carbonyl (C=O) groups is 1. The molecule has 42 heavy (non-hydrogen) atoms. The monoisotopic (exact) mass is 571 g/mol. The number of benzene rings is 2. The average Bonchev–Trinajstić information content (AvgIpc) is 3.57. The first-order valence-corrected chi connectivity index (χ1v) is 13.7. The second-order valence-electron chi connectivity index (χ2n) is 10.8. The number of nitrogens with zero attached hydrogens (tertiary/aromatic N) is 5. The molecule has 1 aliphatic rings. The van der Waals surface area contributed by atoms with E-state index in [0.717, 1.165) is 55.5 Å². The van der Waals surface area contributed by atoms with E-state index in [2.05, 4.69) is 45.0 Å². The zero-order chi connectivity index (χ0) is 29.5. The van der Waals surface area contributed by atoms with Crippen LogP contribution in [0.25, 0.3) is 16.6 Å². The molecule has 0 aliphatic carbocycles. The highest BCUT2D eigenvalue weighted by Gasteiger charge is 2.25. The summed E-state index contributed by atoms with van der Waals surface area (Å²) in [6, 6.07) is 11.1. The molecule has 1 aliphatic heterocycles. The fourth-order valence-corrected chi connectivity index (χ4v) is 5.40. The van der Waals surface area contributed by atoms with Gasteiger partial charge in [0.25, 0.3) is 0 Å². The topological polar surface area (TPSA) is 105 Å². The minimum Gasteiger partial charge on any atom is -0.433 e. The Hall–Kier alpha value is -4.77. The molecule has 0 atom stereocenters. The highest BCUT2D eigenvalue weighted by Crippen LogP contribution is 2.36. The van der Waals surface area contributed by atoms with Crippen molar-refractivity contribution in [3.05, 3.63) is 88.9 Å². The van der Waals surface area contributed by atoms with Gasteiger partial charge in [-0.3, -0.25) is 4.79 Å². The van der Waals surface area contributed by atoms with Crippen molar-refractivity contribution >= 4 is 28.2 Å². The molecule has 0 spiro atoms. The van der Waals surface area contributed by atoms with E-state index in [9.17, 15) is 13.6 Å². The van der Waals surface area contributed by atoms with Crippen LogP contribution in [0.3, 0.4) is 0 Å². The van der Waals surface area contributed by atoms with Crippen molar-refractivity contribution < 1.29 is 18.3 Å². The van der Waals surface area contributed by atoms with Crippen LogP contribution in [0.2, 0.25) is 0 Å². The summed E-state index contributed by atoms with van der Waals surface area (Å²) >= 11 is 0. The lowest BCUT2D eigenvalue weighted by molar-refractivity contribution is 0.103. The Balaban J connectivity index is 1.29. The van der Waals surface area contributed by atoms with Crippen LogP contribution in [-0.4, -0.2) is 64.2 Å². The molecular formula is C31H31F2N7O2. The summed E-state index contributed by atoms with van der Waals surface area (Å²) in [5.41, 5.74) is 11.6. The lowest BCUT2D eigenvalue weighted by atomic mass is 9.98. The lowest BCUT2D eigenvalue weighted by Gasteiger charge is -2.33. The Kier molecular flexibility index (Phi) is 7.11. The van der Waals surface area contributed by atoms with Gasteiger partial charge in [-0.1, -0.05) is 12.1 Å². The normalized spacial score (nSPS) is 13.1. The maximum atomic E-state index is 14.0. The number of pyridine rings is 1. The van der Waals surface area contributed by atoms with Crippen molar-refractivity contribution in [2.45, 2.75) is 19.8 Å². The Morgan fingerprint density at radius 2 is 1.93 bits per heavy atom. The van der Waals surface area contributed by atoms with Gasteiger partial charge in [0.2, 0.25) is 17.4 Å². The van der Waals surface area contributed by atoms with Gasteiger partial charge in [-0.2, -0.15) is 5.10 Å². The minimum atomic E-state index is -0.836. The molecule has 0 saturated heterocycles. The molecular weight excluding hydrogens is 540 g/mol. The largest absolute Gasteiger partial charge is 0.433 e. The van der Waals surface area contributed by atoms with Gasteiger partial charge < -0.3 is 25.3 Å². The zero-order valence-electron chi connectivity index (χ0n) is 23.6. The number of anilines is 2. The number of aryl methyl sites for hydroxylation is 2. The number of carbonyl (C=O) groups excluding carboxylic acids is 1. The van der Waals surface area contributed by atoms with Crippen LogP contribution < -0.4 is 15.4 Å². The number of aromatic amines is 1. The van der Waals surface area contributed by atoms with E-state index in [0.29, 0.717) is 16.9 Å². The number of likely N-dealkylation sites (N-methyl/N-ethyl adjacent to an activating group) is 1. The van der Waals surface area contributed by atoms with Gasteiger partial charge in [0.1, 0.15) is 5.82 Å². The summed E-state index contributed by atoms with van der Waals surface area (Å²) in [5.74, 6) is -2.34. The molecule has 9 nitrogen and oxygen atoms in total. The van der Waals surface area contributed by atoms with Crippen molar-refractivity contribution in [3.8, 4) is 17.3 Å². The molecule has 2 aromatic carbocycles. The Morgan fingerprint density at radius 3 is 2.67 bits per heavy atom. The number of halogens is 2. The summed E-state index contributed by atoms with van der Waals surface area (Å²) in [4.78, 5) is 25.7.